The highest BCUT2D eigenvalue weighted by molar-refractivity contribution is 6.02. The second-order valence-corrected chi connectivity index (χ2v) is 4.97. The highest BCUT2D eigenvalue weighted by Gasteiger charge is 2.32. The maximum absolute atomic E-state index is 12.6. The lowest BCUT2D eigenvalue weighted by molar-refractivity contribution is 0.0732. The number of carbonyl (C=O) groups is 1. The predicted molar refractivity (Wildman–Crippen MR) is 82.2 cm³/mol. The summed E-state index contributed by atoms with van der Waals surface area (Å²) in [6.07, 6.45) is 1.39. The Labute approximate surface area is 128 Å². The number of hydrogen-bond acceptors (Lipinski definition) is 5. The van der Waals surface area contributed by atoms with Crippen LogP contribution in [0, 0.1) is 0 Å². The number of carbonyl (C=O) groups excluding carboxylic acids is 1. The monoisotopic (exact) mass is 299 g/mol. The quantitative estimate of drug-likeness (QED) is 0.942. The molecule has 1 aliphatic rings. The van der Waals surface area contributed by atoms with E-state index in [1.54, 1.807) is 44.5 Å². The minimum Gasteiger partial charge on any atom is -0.493 e. The van der Waals surface area contributed by atoms with Gasteiger partial charge in [0.15, 0.2) is 11.5 Å². The minimum atomic E-state index is -0.320. The van der Waals surface area contributed by atoms with E-state index in [4.69, 9.17) is 9.47 Å². The summed E-state index contributed by atoms with van der Waals surface area (Å²) < 4.78 is 10.6. The molecule has 3 rings (SSSR count). The zero-order valence-corrected chi connectivity index (χ0v) is 12.7. The molecule has 0 unspecified atom stereocenters. The maximum Gasteiger partial charge on any atom is 0.257 e. The van der Waals surface area contributed by atoms with Gasteiger partial charge in [0.05, 0.1) is 31.2 Å². The number of methoxy groups -OCH3 is 2. The number of nitrogens with zero attached hydrogens (tertiary/aromatic N) is 2. The van der Waals surface area contributed by atoms with Gasteiger partial charge in [-0.25, -0.2) is 0 Å². The van der Waals surface area contributed by atoms with Crippen molar-refractivity contribution in [1.82, 2.24) is 9.88 Å². The molecule has 0 saturated carbocycles. The summed E-state index contributed by atoms with van der Waals surface area (Å²) in [6.45, 7) is 0. The van der Waals surface area contributed by atoms with Gasteiger partial charge in [-0.15, -0.1) is 0 Å². The van der Waals surface area contributed by atoms with E-state index < -0.39 is 0 Å². The smallest absolute Gasteiger partial charge is 0.257 e. The van der Waals surface area contributed by atoms with Crippen LogP contribution in [0.1, 0.15) is 22.2 Å². The Morgan fingerprint density at radius 1 is 1.18 bits per heavy atom. The molecule has 0 saturated heterocycles. The number of amides is 1. The zero-order valence-electron chi connectivity index (χ0n) is 12.7. The molecular weight excluding hydrogens is 282 g/mol. The Balaban J connectivity index is 2.06. The highest BCUT2D eigenvalue weighted by Crippen LogP contribution is 2.38. The fourth-order valence-corrected chi connectivity index (χ4v) is 2.54. The molecular formula is C16H17N3O3. The van der Waals surface area contributed by atoms with E-state index >= 15 is 0 Å². The lowest BCUT2D eigenvalue weighted by Gasteiger charge is -2.35. The van der Waals surface area contributed by atoms with Crippen LogP contribution in [0.25, 0.3) is 0 Å². The molecule has 0 radical (unpaired) electrons. The number of benzene rings is 1. The number of anilines is 1. The Morgan fingerprint density at radius 3 is 2.55 bits per heavy atom. The van der Waals surface area contributed by atoms with Gasteiger partial charge in [0, 0.05) is 19.3 Å². The molecule has 1 aromatic carbocycles. The van der Waals surface area contributed by atoms with Gasteiger partial charge >= 0.3 is 0 Å². The molecule has 0 aliphatic carbocycles. The second kappa shape index (κ2) is 5.55. The summed E-state index contributed by atoms with van der Waals surface area (Å²) >= 11 is 0. The molecule has 6 heteroatoms. The van der Waals surface area contributed by atoms with Crippen molar-refractivity contribution in [3.63, 3.8) is 0 Å². The number of rotatable bonds is 3. The van der Waals surface area contributed by atoms with Crippen molar-refractivity contribution in [2.24, 2.45) is 0 Å². The third-order valence-corrected chi connectivity index (χ3v) is 3.72. The van der Waals surface area contributed by atoms with E-state index in [2.05, 4.69) is 10.3 Å². The highest BCUT2D eigenvalue weighted by atomic mass is 16.5. The molecule has 0 bridgehead atoms. The fraction of sp³-hybridized carbons (Fsp3) is 0.250. The van der Waals surface area contributed by atoms with Gasteiger partial charge in [-0.1, -0.05) is 6.07 Å². The molecule has 1 aromatic heterocycles. The molecule has 2 heterocycles. The van der Waals surface area contributed by atoms with Gasteiger partial charge in [-0.2, -0.15) is 0 Å². The van der Waals surface area contributed by atoms with Crippen LogP contribution < -0.4 is 14.8 Å². The van der Waals surface area contributed by atoms with E-state index in [0.717, 1.165) is 5.69 Å². The maximum atomic E-state index is 12.6. The van der Waals surface area contributed by atoms with Crippen LogP contribution in [0.5, 0.6) is 11.5 Å². The van der Waals surface area contributed by atoms with Crippen molar-refractivity contribution in [3.05, 3.63) is 47.8 Å². The molecule has 1 N–H and O–H groups in total. The Bertz CT molecular complexity index is 703. The first-order chi connectivity index (χ1) is 10.7. The summed E-state index contributed by atoms with van der Waals surface area (Å²) in [6, 6.07) is 9.08. The van der Waals surface area contributed by atoms with Crippen molar-refractivity contribution < 1.29 is 14.3 Å². The first-order valence-electron chi connectivity index (χ1n) is 6.86. The van der Waals surface area contributed by atoms with Crippen molar-refractivity contribution in [2.45, 2.75) is 6.17 Å². The normalized spacial score (nSPS) is 16.8. The van der Waals surface area contributed by atoms with Gasteiger partial charge in [0.2, 0.25) is 0 Å². The summed E-state index contributed by atoms with van der Waals surface area (Å²) in [7, 11) is 4.86. The molecule has 0 spiro atoms. The lowest BCUT2D eigenvalue weighted by Crippen LogP contribution is -2.40. The summed E-state index contributed by atoms with van der Waals surface area (Å²) in [5, 5.41) is 3.33. The second-order valence-electron chi connectivity index (χ2n) is 4.97. The van der Waals surface area contributed by atoms with E-state index in [9.17, 15) is 4.79 Å². The first kappa shape index (κ1) is 14.2. The van der Waals surface area contributed by atoms with Gasteiger partial charge < -0.3 is 19.7 Å². The van der Waals surface area contributed by atoms with Gasteiger partial charge in [0.25, 0.3) is 5.91 Å². The molecule has 0 fully saturated rings. The van der Waals surface area contributed by atoms with E-state index in [0.29, 0.717) is 22.7 Å². The molecule has 114 valence electrons. The minimum absolute atomic E-state index is 0.0923. The number of aromatic nitrogens is 1. The van der Waals surface area contributed by atoms with Crippen LogP contribution in [0.15, 0.2) is 36.5 Å². The van der Waals surface area contributed by atoms with Gasteiger partial charge in [0.1, 0.15) is 6.17 Å². The number of nitrogens with one attached hydrogen (secondary N) is 1. The molecule has 1 amide bonds. The Hall–Kier alpha value is -2.76. The topological polar surface area (TPSA) is 63.7 Å². The lowest BCUT2D eigenvalue weighted by atomic mass is 10.1. The zero-order chi connectivity index (χ0) is 15.7. The van der Waals surface area contributed by atoms with Crippen LogP contribution in [0.4, 0.5) is 5.69 Å². The van der Waals surface area contributed by atoms with Crippen LogP contribution >= 0.6 is 0 Å². The number of pyridine rings is 1. The summed E-state index contributed by atoms with van der Waals surface area (Å²) in [5.41, 5.74) is 2.03. The number of hydrogen-bond donors (Lipinski definition) is 1. The van der Waals surface area contributed by atoms with Crippen molar-refractivity contribution >= 4 is 11.6 Å². The molecule has 22 heavy (non-hydrogen) atoms. The fourth-order valence-electron chi connectivity index (χ4n) is 2.54. The first-order valence-corrected chi connectivity index (χ1v) is 6.86. The van der Waals surface area contributed by atoms with E-state index in [1.807, 2.05) is 18.2 Å². The SMILES string of the molecule is COc1cc2c(cc1OC)C(=O)N(C)[C@@H](c1ccccn1)N2. The predicted octanol–water partition coefficient (Wildman–Crippen LogP) is 2.30. The van der Waals surface area contributed by atoms with Crippen LogP contribution in [-0.2, 0) is 0 Å². The van der Waals surface area contributed by atoms with Gasteiger partial charge in [-0.05, 0) is 18.2 Å². The van der Waals surface area contributed by atoms with Crippen molar-refractivity contribution in [2.75, 3.05) is 26.6 Å². The van der Waals surface area contributed by atoms with Gasteiger partial charge in [-0.3, -0.25) is 9.78 Å². The van der Waals surface area contributed by atoms with E-state index in [-0.39, 0.29) is 12.1 Å². The molecule has 6 nitrogen and oxygen atoms in total. The third-order valence-electron chi connectivity index (χ3n) is 3.72. The average Bonchev–Trinajstić information content (AvgIpc) is 2.57. The van der Waals surface area contributed by atoms with Crippen LogP contribution in [-0.4, -0.2) is 37.1 Å². The average molecular weight is 299 g/mol. The number of fused-ring (bicyclic) bond motifs is 1. The summed E-state index contributed by atoms with van der Waals surface area (Å²) in [4.78, 5) is 18.6. The largest absolute Gasteiger partial charge is 0.493 e. The van der Waals surface area contributed by atoms with Crippen LogP contribution in [0.3, 0.4) is 0 Å². The van der Waals surface area contributed by atoms with Crippen LogP contribution in [0.2, 0.25) is 0 Å². The molecule has 1 atom stereocenters. The third kappa shape index (κ3) is 2.22. The standard InChI is InChI=1S/C16H17N3O3/c1-19-15(11-6-4-5-7-17-11)18-12-9-14(22-3)13(21-2)8-10(12)16(19)20/h4-9,15,18H,1-3H3/t15-/m0/s1. The van der Waals surface area contributed by atoms with E-state index in [1.165, 1.54) is 0 Å². The Morgan fingerprint density at radius 2 is 1.91 bits per heavy atom. The molecule has 2 aromatic rings. The molecule has 1 aliphatic heterocycles. The van der Waals surface area contributed by atoms with Crippen molar-refractivity contribution in [3.8, 4) is 11.5 Å². The van der Waals surface area contributed by atoms with Crippen molar-refractivity contribution in [1.29, 1.82) is 0 Å². The Kier molecular flexibility index (Phi) is 3.58. The summed E-state index contributed by atoms with van der Waals surface area (Å²) in [5.74, 6) is 1.01. The number of ether oxygens (including phenoxy) is 2.